The first kappa shape index (κ1) is 13.8. The van der Waals surface area contributed by atoms with E-state index in [0.717, 1.165) is 18.2 Å². The highest BCUT2D eigenvalue weighted by molar-refractivity contribution is 9.10. The van der Waals surface area contributed by atoms with Crippen LogP contribution in [-0.4, -0.2) is 13.5 Å². The SMILES string of the molecule is O=S(=O)(Nc1cc(F)ccc1O)c1cccc(Br)c1. The van der Waals surface area contributed by atoms with Crippen LogP contribution in [0.4, 0.5) is 10.1 Å². The van der Waals surface area contributed by atoms with Gasteiger partial charge < -0.3 is 5.11 Å². The third kappa shape index (κ3) is 3.24. The van der Waals surface area contributed by atoms with Crippen LogP contribution in [0.1, 0.15) is 0 Å². The molecule has 0 aliphatic carbocycles. The Morgan fingerprint density at radius 3 is 2.58 bits per heavy atom. The summed E-state index contributed by atoms with van der Waals surface area (Å²) in [6, 6.07) is 9.05. The molecule has 7 heteroatoms. The second-order valence-electron chi connectivity index (χ2n) is 3.72. The van der Waals surface area contributed by atoms with E-state index >= 15 is 0 Å². The lowest BCUT2D eigenvalue weighted by atomic mass is 10.3. The predicted molar refractivity (Wildman–Crippen MR) is 73.0 cm³/mol. The van der Waals surface area contributed by atoms with Gasteiger partial charge in [-0.3, -0.25) is 4.72 Å². The van der Waals surface area contributed by atoms with Crippen molar-refractivity contribution in [1.82, 2.24) is 0 Å². The summed E-state index contributed by atoms with van der Waals surface area (Å²) in [6.07, 6.45) is 0. The molecule has 0 aliphatic heterocycles. The normalized spacial score (nSPS) is 11.3. The van der Waals surface area contributed by atoms with E-state index in [1.807, 2.05) is 0 Å². The van der Waals surface area contributed by atoms with Gasteiger partial charge in [0.15, 0.2) is 0 Å². The smallest absolute Gasteiger partial charge is 0.262 e. The van der Waals surface area contributed by atoms with Crippen molar-refractivity contribution in [2.24, 2.45) is 0 Å². The van der Waals surface area contributed by atoms with Crippen molar-refractivity contribution in [1.29, 1.82) is 0 Å². The number of hydrogen-bond donors (Lipinski definition) is 2. The summed E-state index contributed by atoms with van der Waals surface area (Å²) in [5.41, 5.74) is -0.208. The number of anilines is 1. The first-order chi connectivity index (χ1) is 8.88. The Morgan fingerprint density at radius 1 is 1.16 bits per heavy atom. The van der Waals surface area contributed by atoms with Gasteiger partial charge in [-0.1, -0.05) is 22.0 Å². The highest BCUT2D eigenvalue weighted by Crippen LogP contribution is 2.27. The number of sulfonamides is 1. The Labute approximate surface area is 118 Å². The number of halogens is 2. The minimum atomic E-state index is -3.88. The highest BCUT2D eigenvalue weighted by atomic mass is 79.9. The van der Waals surface area contributed by atoms with Gasteiger partial charge in [-0.15, -0.1) is 0 Å². The van der Waals surface area contributed by atoms with E-state index in [4.69, 9.17) is 0 Å². The highest BCUT2D eigenvalue weighted by Gasteiger charge is 2.16. The Bertz CT molecular complexity index is 719. The Hall–Kier alpha value is -1.60. The molecule has 0 bridgehead atoms. The summed E-state index contributed by atoms with van der Waals surface area (Å²) >= 11 is 3.16. The summed E-state index contributed by atoms with van der Waals surface area (Å²) < 4.78 is 39.9. The van der Waals surface area contributed by atoms with Gasteiger partial charge in [-0.05, 0) is 30.3 Å². The van der Waals surface area contributed by atoms with E-state index in [9.17, 15) is 17.9 Å². The van der Waals surface area contributed by atoms with Gasteiger partial charge in [0.05, 0.1) is 10.6 Å². The fourth-order valence-corrected chi connectivity index (χ4v) is 3.09. The maximum atomic E-state index is 13.0. The number of phenolic OH excluding ortho intramolecular Hbond substituents is 1. The molecule has 4 nitrogen and oxygen atoms in total. The molecule has 2 N–H and O–H groups in total. The molecule has 0 aliphatic rings. The topological polar surface area (TPSA) is 66.4 Å². The first-order valence-corrected chi connectivity index (χ1v) is 7.43. The minimum absolute atomic E-state index is 0.00513. The largest absolute Gasteiger partial charge is 0.506 e. The van der Waals surface area contributed by atoms with Gasteiger partial charge in [-0.2, -0.15) is 0 Å². The second-order valence-corrected chi connectivity index (χ2v) is 6.32. The lowest BCUT2D eigenvalue weighted by Crippen LogP contribution is -2.13. The fraction of sp³-hybridized carbons (Fsp3) is 0. The third-order valence-electron chi connectivity index (χ3n) is 2.31. The van der Waals surface area contributed by atoms with E-state index in [0.29, 0.717) is 4.47 Å². The molecule has 0 saturated heterocycles. The zero-order valence-corrected chi connectivity index (χ0v) is 11.9. The van der Waals surface area contributed by atoms with Crippen LogP contribution >= 0.6 is 15.9 Å². The van der Waals surface area contributed by atoms with Crippen molar-refractivity contribution >= 4 is 31.6 Å². The predicted octanol–water partition coefficient (Wildman–Crippen LogP) is 3.09. The quantitative estimate of drug-likeness (QED) is 0.840. The standard InChI is InChI=1S/C12H9BrFNO3S/c13-8-2-1-3-10(6-8)19(17,18)15-11-7-9(14)4-5-12(11)16/h1-7,15-16H. The molecule has 2 aromatic carbocycles. The zero-order chi connectivity index (χ0) is 14.0. The minimum Gasteiger partial charge on any atom is -0.506 e. The van der Waals surface area contributed by atoms with Crippen molar-refractivity contribution in [2.45, 2.75) is 4.90 Å². The summed E-state index contributed by atoms with van der Waals surface area (Å²) in [4.78, 5) is 0.00513. The monoisotopic (exact) mass is 345 g/mol. The van der Waals surface area contributed by atoms with Crippen LogP contribution < -0.4 is 4.72 Å². The molecule has 0 amide bonds. The van der Waals surface area contributed by atoms with Crippen molar-refractivity contribution in [3.63, 3.8) is 0 Å². The number of phenols is 1. The molecule has 0 aromatic heterocycles. The van der Waals surface area contributed by atoms with Crippen LogP contribution in [0.15, 0.2) is 51.8 Å². The van der Waals surface area contributed by atoms with Crippen LogP contribution in [0.25, 0.3) is 0 Å². The first-order valence-electron chi connectivity index (χ1n) is 5.15. The lowest BCUT2D eigenvalue weighted by Gasteiger charge is -2.09. The number of hydrogen-bond acceptors (Lipinski definition) is 3. The maximum Gasteiger partial charge on any atom is 0.262 e. The van der Waals surface area contributed by atoms with E-state index in [2.05, 4.69) is 20.7 Å². The summed E-state index contributed by atoms with van der Waals surface area (Å²) in [5, 5.41) is 9.50. The van der Waals surface area contributed by atoms with E-state index in [1.165, 1.54) is 12.1 Å². The van der Waals surface area contributed by atoms with Gasteiger partial charge in [-0.25, -0.2) is 12.8 Å². The molecule has 0 heterocycles. The Morgan fingerprint density at radius 2 is 1.89 bits per heavy atom. The molecule has 2 rings (SSSR count). The van der Waals surface area contributed by atoms with Gasteiger partial charge in [0.1, 0.15) is 11.6 Å². The maximum absolute atomic E-state index is 13.0. The van der Waals surface area contributed by atoms with Crippen LogP contribution in [0.2, 0.25) is 0 Å². The van der Waals surface area contributed by atoms with Crippen molar-refractivity contribution in [3.05, 3.63) is 52.8 Å². The molecule has 0 fully saturated rings. The van der Waals surface area contributed by atoms with Gasteiger partial charge >= 0.3 is 0 Å². The molecular formula is C12H9BrFNO3S. The molecule has 19 heavy (non-hydrogen) atoms. The molecule has 0 atom stereocenters. The summed E-state index contributed by atoms with van der Waals surface area (Å²) in [6.45, 7) is 0. The average molecular weight is 346 g/mol. The summed E-state index contributed by atoms with van der Waals surface area (Å²) in [5.74, 6) is -0.996. The van der Waals surface area contributed by atoms with Crippen LogP contribution in [0, 0.1) is 5.82 Å². The Kier molecular flexibility index (Phi) is 3.77. The molecule has 2 aromatic rings. The average Bonchev–Trinajstić information content (AvgIpc) is 2.33. The van der Waals surface area contributed by atoms with Crippen molar-refractivity contribution < 1.29 is 17.9 Å². The third-order valence-corrected chi connectivity index (χ3v) is 4.17. The van der Waals surface area contributed by atoms with E-state index < -0.39 is 15.8 Å². The zero-order valence-electron chi connectivity index (χ0n) is 9.47. The molecule has 100 valence electrons. The molecule has 0 unspecified atom stereocenters. The van der Waals surface area contributed by atoms with Crippen molar-refractivity contribution in [3.8, 4) is 5.75 Å². The molecule has 0 saturated carbocycles. The molecule has 0 spiro atoms. The summed E-state index contributed by atoms with van der Waals surface area (Å²) in [7, 11) is -3.88. The molecule has 0 radical (unpaired) electrons. The Balaban J connectivity index is 2.39. The molecular weight excluding hydrogens is 337 g/mol. The van der Waals surface area contributed by atoms with E-state index in [1.54, 1.807) is 12.1 Å². The number of benzene rings is 2. The van der Waals surface area contributed by atoms with Crippen LogP contribution in [-0.2, 0) is 10.0 Å². The van der Waals surface area contributed by atoms with E-state index in [-0.39, 0.29) is 16.3 Å². The lowest BCUT2D eigenvalue weighted by molar-refractivity contribution is 0.475. The second kappa shape index (κ2) is 5.18. The van der Waals surface area contributed by atoms with Gasteiger partial charge in [0, 0.05) is 10.5 Å². The van der Waals surface area contributed by atoms with Gasteiger partial charge in [0.2, 0.25) is 0 Å². The van der Waals surface area contributed by atoms with Crippen molar-refractivity contribution in [2.75, 3.05) is 4.72 Å². The van der Waals surface area contributed by atoms with Gasteiger partial charge in [0.25, 0.3) is 10.0 Å². The van der Waals surface area contributed by atoms with Crippen LogP contribution in [0.5, 0.6) is 5.75 Å². The number of nitrogens with one attached hydrogen (secondary N) is 1. The fourth-order valence-electron chi connectivity index (χ4n) is 1.43. The number of rotatable bonds is 3. The number of aromatic hydroxyl groups is 1. The van der Waals surface area contributed by atoms with Crippen LogP contribution in [0.3, 0.4) is 0 Å².